The van der Waals surface area contributed by atoms with Crippen LogP contribution >= 0.6 is 11.6 Å². The van der Waals surface area contributed by atoms with Gasteiger partial charge < -0.3 is 10.6 Å². The largest absolute Gasteiger partial charge is 0.350 e. The van der Waals surface area contributed by atoms with E-state index in [2.05, 4.69) is 10.6 Å². The first kappa shape index (κ1) is 15.0. The maximum atomic E-state index is 11.8. The Balaban J connectivity index is 2.46. The highest BCUT2D eigenvalue weighted by atomic mass is 35.5. The van der Waals surface area contributed by atoms with Crippen LogP contribution in [0, 0.1) is 0 Å². The van der Waals surface area contributed by atoms with Crippen LogP contribution in [-0.2, 0) is 4.79 Å². The molecule has 1 amide bonds. The van der Waals surface area contributed by atoms with Crippen LogP contribution in [0.3, 0.4) is 0 Å². The Morgan fingerprint density at radius 1 is 1.28 bits per heavy atom. The number of halogens is 1. The fraction of sp³-hybridized carbons (Fsp3) is 0.500. The third-order valence-corrected chi connectivity index (χ3v) is 3.04. The van der Waals surface area contributed by atoms with Gasteiger partial charge in [-0.15, -0.1) is 0 Å². The molecule has 0 aliphatic carbocycles. The maximum Gasteiger partial charge on any atom is 0.222 e. The predicted molar refractivity (Wildman–Crippen MR) is 75.8 cm³/mol. The molecule has 4 heteroatoms. The molecule has 0 aliphatic rings. The molecule has 0 fully saturated rings. The van der Waals surface area contributed by atoms with E-state index in [-0.39, 0.29) is 18.0 Å². The zero-order valence-corrected chi connectivity index (χ0v) is 11.9. The summed E-state index contributed by atoms with van der Waals surface area (Å²) in [6, 6.07) is 7.74. The number of hydrogen-bond acceptors (Lipinski definition) is 2. The van der Waals surface area contributed by atoms with E-state index in [1.807, 2.05) is 45.0 Å². The van der Waals surface area contributed by atoms with Crippen LogP contribution in [0.25, 0.3) is 0 Å². The number of carbonyl (C=O) groups is 1. The Hall–Kier alpha value is -1.06. The molecular weight excluding hydrogens is 248 g/mol. The second-order valence-corrected chi connectivity index (χ2v) is 4.94. The van der Waals surface area contributed by atoms with E-state index >= 15 is 0 Å². The van der Waals surface area contributed by atoms with E-state index in [9.17, 15) is 4.79 Å². The van der Waals surface area contributed by atoms with Gasteiger partial charge in [0.15, 0.2) is 0 Å². The van der Waals surface area contributed by atoms with Crippen molar-refractivity contribution in [2.45, 2.75) is 39.3 Å². The Morgan fingerprint density at radius 2 is 1.89 bits per heavy atom. The van der Waals surface area contributed by atoms with Crippen LogP contribution in [-0.4, -0.2) is 18.5 Å². The molecule has 0 aromatic heterocycles. The van der Waals surface area contributed by atoms with Gasteiger partial charge >= 0.3 is 0 Å². The van der Waals surface area contributed by atoms with Crippen molar-refractivity contribution in [3.63, 3.8) is 0 Å². The summed E-state index contributed by atoms with van der Waals surface area (Å²) in [5.41, 5.74) is 1.06. The van der Waals surface area contributed by atoms with Crippen LogP contribution in [0.15, 0.2) is 24.3 Å². The Bertz CT molecular complexity index is 378. The fourth-order valence-corrected chi connectivity index (χ4v) is 1.96. The minimum Gasteiger partial charge on any atom is -0.350 e. The zero-order chi connectivity index (χ0) is 13.5. The van der Waals surface area contributed by atoms with Gasteiger partial charge in [0.05, 0.1) is 6.04 Å². The molecule has 0 radical (unpaired) electrons. The molecule has 2 unspecified atom stereocenters. The fourth-order valence-electron chi connectivity index (χ4n) is 1.83. The predicted octanol–water partition coefficient (Wildman–Crippen LogP) is 2.91. The highest BCUT2D eigenvalue weighted by Gasteiger charge is 2.12. The van der Waals surface area contributed by atoms with Gasteiger partial charge in [0.25, 0.3) is 0 Å². The average molecular weight is 269 g/mol. The van der Waals surface area contributed by atoms with E-state index in [1.54, 1.807) is 0 Å². The van der Waals surface area contributed by atoms with Crippen molar-refractivity contribution in [3.8, 4) is 0 Å². The maximum absolute atomic E-state index is 11.8. The first-order valence-electron chi connectivity index (χ1n) is 6.31. The molecule has 0 heterocycles. The minimum atomic E-state index is 0.00333. The first-order valence-corrected chi connectivity index (χ1v) is 6.69. The summed E-state index contributed by atoms with van der Waals surface area (Å²) >= 11 is 5.83. The molecule has 3 nitrogen and oxygen atoms in total. The summed E-state index contributed by atoms with van der Waals surface area (Å²) < 4.78 is 0. The third kappa shape index (κ3) is 5.07. The lowest BCUT2D eigenvalue weighted by atomic mass is 10.1. The van der Waals surface area contributed by atoms with Crippen molar-refractivity contribution in [2.75, 3.05) is 6.54 Å². The number of rotatable bonds is 6. The second-order valence-electron chi connectivity index (χ2n) is 4.50. The zero-order valence-electron chi connectivity index (χ0n) is 11.2. The highest BCUT2D eigenvalue weighted by Crippen LogP contribution is 2.16. The normalized spacial score (nSPS) is 14.0. The average Bonchev–Trinajstić information content (AvgIpc) is 2.29. The third-order valence-electron chi connectivity index (χ3n) is 2.79. The minimum absolute atomic E-state index is 0.00333. The van der Waals surface area contributed by atoms with E-state index < -0.39 is 0 Å². The van der Waals surface area contributed by atoms with Crippen LogP contribution < -0.4 is 10.6 Å². The molecule has 0 aliphatic heterocycles. The number of nitrogens with one attached hydrogen (secondary N) is 2. The summed E-state index contributed by atoms with van der Waals surface area (Å²) in [7, 11) is 0. The summed E-state index contributed by atoms with van der Waals surface area (Å²) in [5, 5.41) is 6.91. The van der Waals surface area contributed by atoms with E-state index in [0.717, 1.165) is 12.1 Å². The summed E-state index contributed by atoms with van der Waals surface area (Å²) in [6.07, 6.45) is 0.492. The van der Waals surface area contributed by atoms with Gasteiger partial charge in [-0.1, -0.05) is 30.7 Å². The van der Waals surface area contributed by atoms with Crippen LogP contribution in [0.2, 0.25) is 5.02 Å². The second kappa shape index (κ2) is 7.39. The van der Waals surface area contributed by atoms with Gasteiger partial charge in [0.2, 0.25) is 5.91 Å². The lowest BCUT2D eigenvalue weighted by Crippen LogP contribution is -2.34. The van der Waals surface area contributed by atoms with Crippen molar-refractivity contribution in [3.05, 3.63) is 34.9 Å². The molecule has 0 saturated carbocycles. The van der Waals surface area contributed by atoms with Gasteiger partial charge in [0.1, 0.15) is 0 Å². The summed E-state index contributed by atoms with van der Waals surface area (Å²) in [6.45, 7) is 6.89. The molecule has 2 atom stereocenters. The van der Waals surface area contributed by atoms with Gasteiger partial charge in [-0.25, -0.2) is 0 Å². The van der Waals surface area contributed by atoms with Gasteiger partial charge in [-0.2, -0.15) is 0 Å². The van der Waals surface area contributed by atoms with E-state index in [0.29, 0.717) is 11.4 Å². The molecule has 100 valence electrons. The number of hydrogen-bond donors (Lipinski definition) is 2. The standard InChI is InChI=1S/C14H21ClN2O/c1-4-16-10(2)9-14(18)17-11(3)12-5-7-13(15)8-6-12/h5-8,10-11,16H,4,9H2,1-3H3,(H,17,18). The molecule has 1 aromatic carbocycles. The molecule has 0 bridgehead atoms. The monoisotopic (exact) mass is 268 g/mol. The quantitative estimate of drug-likeness (QED) is 0.833. The Labute approximate surface area is 114 Å². The highest BCUT2D eigenvalue weighted by molar-refractivity contribution is 6.30. The number of carbonyl (C=O) groups excluding carboxylic acids is 1. The SMILES string of the molecule is CCNC(C)CC(=O)NC(C)c1ccc(Cl)cc1. The van der Waals surface area contributed by atoms with Gasteiger partial charge in [-0.05, 0) is 38.1 Å². The van der Waals surface area contributed by atoms with E-state index in [1.165, 1.54) is 0 Å². The summed E-state index contributed by atoms with van der Waals surface area (Å²) in [5.74, 6) is 0.0610. The van der Waals surface area contributed by atoms with E-state index in [4.69, 9.17) is 11.6 Å². The number of benzene rings is 1. The van der Waals surface area contributed by atoms with Crippen molar-refractivity contribution in [1.29, 1.82) is 0 Å². The molecule has 1 rings (SSSR count). The van der Waals surface area contributed by atoms with Gasteiger partial charge in [-0.3, -0.25) is 4.79 Å². The smallest absolute Gasteiger partial charge is 0.222 e. The van der Waals surface area contributed by atoms with Crippen LogP contribution in [0.4, 0.5) is 0 Å². The first-order chi connectivity index (χ1) is 8.52. The van der Waals surface area contributed by atoms with Crippen molar-refractivity contribution >= 4 is 17.5 Å². The Kier molecular flexibility index (Phi) is 6.16. The van der Waals surface area contributed by atoms with Crippen molar-refractivity contribution < 1.29 is 4.79 Å². The molecule has 0 spiro atoms. The molecule has 0 saturated heterocycles. The van der Waals surface area contributed by atoms with Crippen LogP contribution in [0.5, 0.6) is 0 Å². The topological polar surface area (TPSA) is 41.1 Å². The molecule has 1 aromatic rings. The van der Waals surface area contributed by atoms with Crippen LogP contribution in [0.1, 0.15) is 38.8 Å². The molecule has 2 N–H and O–H groups in total. The molecular formula is C14H21ClN2O. The van der Waals surface area contributed by atoms with Gasteiger partial charge in [0, 0.05) is 17.5 Å². The number of amides is 1. The lowest BCUT2D eigenvalue weighted by molar-refractivity contribution is -0.122. The van der Waals surface area contributed by atoms with Crippen molar-refractivity contribution in [1.82, 2.24) is 10.6 Å². The lowest BCUT2D eigenvalue weighted by Gasteiger charge is -2.17. The molecule has 18 heavy (non-hydrogen) atoms. The summed E-state index contributed by atoms with van der Waals surface area (Å²) in [4.78, 5) is 11.8. The van der Waals surface area contributed by atoms with Crippen molar-refractivity contribution in [2.24, 2.45) is 0 Å². The Morgan fingerprint density at radius 3 is 2.44 bits per heavy atom.